The number of ketones is 1. The summed E-state index contributed by atoms with van der Waals surface area (Å²) < 4.78 is 4.76. The molecule has 0 aliphatic rings. The molecule has 3 heteroatoms. The van der Waals surface area contributed by atoms with Crippen molar-refractivity contribution in [3.05, 3.63) is 24.3 Å². The van der Waals surface area contributed by atoms with E-state index in [1.165, 1.54) is 89.2 Å². The lowest BCUT2D eigenvalue weighted by atomic mass is 10.0. The van der Waals surface area contributed by atoms with Gasteiger partial charge in [0.1, 0.15) is 0 Å². The number of carbonyl (C=O) groups excluding carboxylic acids is 2. The quantitative estimate of drug-likeness (QED) is 0.104. The fraction of sp³-hybridized carbons (Fsp3) is 0.750. The zero-order valence-corrected chi connectivity index (χ0v) is 17.8. The molecular formula is C24H42O3. The van der Waals surface area contributed by atoms with E-state index in [9.17, 15) is 9.59 Å². The summed E-state index contributed by atoms with van der Waals surface area (Å²) in [5, 5.41) is 0. The summed E-state index contributed by atoms with van der Waals surface area (Å²) >= 11 is 0. The Morgan fingerprint density at radius 1 is 0.630 bits per heavy atom. The van der Waals surface area contributed by atoms with Crippen LogP contribution in [0.5, 0.6) is 0 Å². The van der Waals surface area contributed by atoms with Crippen LogP contribution in [0.15, 0.2) is 24.3 Å². The van der Waals surface area contributed by atoms with E-state index in [0.717, 1.165) is 12.8 Å². The number of allylic oxidation sites excluding steroid dienone is 3. The first-order valence-corrected chi connectivity index (χ1v) is 11.2. The van der Waals surface area contributed by atoms with Crippen LogP contribution in [0.4, 0.5) is 0 Å². The predicted octanol–water partition coefficient (Wildman–Crippen LogP) is 7.10. The smallest absolute Gasteiger partial charge is 0.330 e. The summed E-state index contributed by atoms with van der Waals surface area (Å²) in [7, 11) is 0. The third kappa shape index (κ3) is 20.8. The van der Waals surface area contributed by atoms with Crippen LogP contribution in [0, 0.1) is 0 Å². The molecule has 156 valence electrons. The molecule has 27 heavy (non-hydrogen) atoms. The standard InChI is InChI=1S/C24H42O3/c1-3-5-6-7-8-9-10-11-12-13-14-15-16-17-20-23(25)21-18-19-22-24(26)27-4-2/h18-19,21-22H,3-17,20H2,1-2H3/b21-18+,22-19+. The maximum atomic E-state index is 11.7. The monoisotopic (exact) mass is 378 g/mol. The van der Waals surface area contributed by atoms with Crippen molar-refractivity contribution in [2.45, 2.75) is 110 Å². The lowest BCUT2D eigenvalue weighted by Gasteiger charge is -2.03. The fourth-order valence-electron chi connectivity index (χ4n) is 3.06. The molecule has 0 saturated heterocycles. The zero-order valence-electron chi connectivity index (χ0n) is 17.8. The van der Waals surface area contributed by atoms with E-state index >= 15 is 0 Å². The minimum absolute atomic E-state index is 0.127. The van der Waals surface area contributed by atoms with Crippen molar-refractivity contribution < 1.29 is 14.3 Å². The molecule has 0 heterocycles. The molecule has 3 nitrogen and oxygen atoms in total. The Bertz CT molecular complexity index is 410. The number of ether oxygens (including phenoxy) is 1. The summed E-state index contributed by atoms with van der Waals surface area (Å²) in [6.45, 7) is 4.40. The SMILES string of the molecule is CCCCCCCCCCCCCCCCC(=O)/C=C/C=C/C(=O)OCC. The molecule has 0 fully saturated rings. The molecule has 0 rings (SSSR count). The fourth-order valence-corrected chi connectivity index (χ4v) is 3.06. The van der Waals surface area contributed by atoms with Crippen molar-refractivity contribution >= 4 is 11.8 Å². The van der Waals surface area contributed by atoms with Gasteiger partial charge in [0.25, 0.3) is 0 Å². The largest absolute Gasteiger partial charge is 0.463 e. The van der Waals surface area contributed by atoms with Crippen molar-refractivity contribution in [1.29, 1.82) is 0 Å². The van der Waals surface area contributed by atoms with Gasteiger partial charge in [-0.3, -0.25) is 4.79 Å². The molecule has 0 spiro atoms. The lowest BCUT2D eigenvalue weighted by Crippen LogP contribution is -1.98. The molecule has 0 aromatic rings. The first-order valence-electron chi connectivity index (χ1n) is 11.2. The van der Waals surface area contributed by atoms with Crippen LogP contribution < -0.4 is 0 Å². The van der Waals surface area contributed by atoms with Gasteiger partial charge < -0.3 is 4.74 Å². The lowest BCUT2D eigenvalue weighted by molar-refractivity contribution is -0.137. The third-order valence-electron chi connectivity index (χ3n) is 4.69. The second-order valence-corrected chi connectivity index (χ2v) is 7.28. The van der Waals surface area contributed by atoms with E-state index in [0.29, 0.717) is 13.0 Å². The maximum Gasteiger partial charge on any atom is 0.330 e. The van der Waals surface area contributed by atoms with Gasteiger partial charge in [-0.2, -0.15) is 0 Å². The Morgan fingerprint density at radius 3 is 1.56 bits per heavy atom. The van der Waals surface area contributed by atoms with E-state index in [2.05, 4.69) is 6.92 Å². The van der Waals surface area contributed by atoms with Crippen LogP contribution in [0.2, 0.25) is 0 Å². The molecule has 0 N–H and O–H groups in total. The highest BCUT2D eigenvalue weighted by Crippen LogP contribution is 2.13. The predicted molar refractivity (Wildman–Crippen MR) is 115 cm³/mol. The molecule has 0 saturated carbocycles. The first kappa shape index (κ1) is 25.6. The zero-order chi connectivity index (χ0) is 20.0. The van der Waals surface area contributed by atoms with Crippen LogP contribution in [-0.4, -0.2) is 18.4 Å². The summed E-state index contributed by atoms with van der Waals surface area (Å²) in [5.74, 6) is -0.246. The molecule has 0 bridgehead atoms. The molecule has 0 aliphatic heterocycles. The van der Waals surface area contributed by atoms with Gasteiger partial charge in [0.2, 0.25) is 0 Å². The van der Waals surface area contributed by atoms with Crippen molar-refractivity contribution in [3.63, 3.8) is 0 Å². The molecule has 0 radical (unpaired) electrons. The van der Waals surface area contributed by atoms with E-state index in [4.69, 9.17) is 4.74 Å². The van der Waals surface area contributed by atoms with Gasteiger partial charge in [-0.05, 0) is 19.4 Å². The summed E-state index contributed by atoms with van der Waals surface area (Å²) in [6, 6.07) is 0. The Balaban J connectivity index is 3.34. The van der Waals surface area contributed by atoms with Crippen LogP contribution in [-0.2, 0) is 14.3 Å². The van der Waals surface area contributed by atoms with Crippen molar-refractivity contribution in [2.75, 3.05) is 6.61 Å². The number of hydrogen-bond acceptors (Lipinski definition) is 3. The third-order valence-corrected chi connectivity index (χ3v) is 4.69. The number of carbonyl (C=O) groups is 2. The van der Waals surface area contributed by atoms with E-state index < -0.39 is 0 Å². The Labute approximate surface area is 167 Å². The number of hydrogen-bond donors (Lipinski definition) is 0. The van der Waals surface area contributed by atoms with Gasteiger partial charge in [0.05, 0.1) is 6.61 Å². The molecule has 0 atom stereocenters. The Kier molecular flexibility index (Phi) is 19.9. The van der Waals surface area contributed by atoms with Gasteiger partial charge in [0, 0.05) is 12.5 Å². The van der Waals surface area contributed by atoms with Crippen molar-refractivity contribution in [2.24, 2.45) is 0 Å². The van der Waals surface area contributed by atoms with Gasteiger partial charge >= 0.3 is 5.97 Å². The van der Waals surface area contributed by atoms with Gasteiger partial charge in [0.15, 0.2) is 5.78 Å². The highest BCUT2D eigenvalue weighted by atomic mass is 16.5. The highest BCUT2D eigenvalue weighted by Gasteiger charge is 1.98. The topological polar surface area (TPSA) is 43.4 Å². The van der Waals surface area contributed by atoms with Gasteiger partial charge in [-0.25, -0.2) is 4.79 Å². The van der Waals surface area contributed by atoms with E-state index in [-0.39, 0.29) is 11.8 Å². The summed E-state index contributed by atoms with van der Waals surface area (Å²) in [4.78, 5) is 22.8. The normalized spacial score (nSPS) is 11.5. The average molecular weight is 379 g/mol. The number of esters is 1. The molecular weight excluding hydrogens is 336 g/mol. The maximum absolute atomic E-state index is 11.7. The number of rotatable bonds is 19. The Hall–Kier alpha value is -1.38. The molecule has 0 amide bonds. The van der Waals surface area contributed by atoms with Crippen LogP contribution in [0.25, 0.3) is 0 Å². The van der Waals surface area contributed by atoms with E-state index in [1.54, 1.807) is 19.1 Å². The van der Waals surface area contributed by atoms with Crippen molar-refractivity contribution in [1.82, 2.24) is 0 Å². The van der Waals surface area contributed by atoms with Crippen LogP contribution in [0.3, 0.4) is 0 Å². The second kappa shape index (κ2) is 20.9. The van der Waals surface area contributed by atoms with Crippen molar-refractivity contribution in [3.8, 4) is 0 Å². The van der Waals surface area contributed by atoms with Crippen LogP contribution in [0.1, 0.15) is 110 Å². The number of unbranched alkanes of at least 4 members (excludes halogenated alkanes) is 13. The highest BCUT2D eigenvalue weighted by molar-refractivity contribution is 5.90. The summed E-state index contributed by atoms with van der Waals surface area (Å²) in [5.41, 5.74) is 0. The molecule has 0 aromatic carbocycles. The van der Waals surface area contributed by atoms with Gasteiger partial charge in [-0.1, -0.05) is 103 Å². The summed E-state index contributed by atoms with van der Waals surface area (Å²) in [6.07, 6.45) is 25.1. The molecule has 0 aromatic heterocycles. The van der Waals surface area contributed by atoms with E-state index in [1.807, 2.05) is 0 Å². The minimum Gasteiger partial charge on any atom is -0.463 e. The van der Waals surface area contributed by atoms with Crippen LogP contribution >= 0.6 is 0 Å². The average Bonchev–Trinajstić information content (AvgIpc) is 2.65. The molecule has 0 unspecified atom stereocenters. The first-order chi connectivity index (χ1) is 13.2. The molecule has 0 aliphatic carbocycles. The minimum atomic E-state index is -0.374. The van der Waals surface area contributed by atoms with Gasteiger partial charge in [-0.15, -0.1) is 0 Å². The second-order valence-electron chi connectivity index (χ2n) is 7.28. The Morgan fingerprint density at radius 2 is 1.07 bits per heavy atom.